The van der Waals surface area contributed by atoms with Crippen molar-refractivity contribution in [1.82, 2.24) is 14.5 Å². The van der Waals surface area contributed by atoms with Crippen LogP contribution in [0.15, 0.2) is 47.4 Å². The number of nitrogens with one attached hydrogen (secondary N) is 1. The summed E-state index contributed by atoms with van der Waals surface area (Å²) in [6.07, 6.45) is 1.70. The van der Waals surface area contributed by atoms with Crippen LogP contribution in [0.5, 0.6) is 11.5 Å². The van der Waals surface area contributed by atoms with Gasteiger partial charge >= 0.3 is 0 Å². The lowest BCUT2D eigenvalue weighted by Crippen LogP contribution is -2.48. The Balaban J connectivity index is 1.17. The molecular weight excluding hydrogens is 458 g/mol. The average molecular weight is 488 g/mol. The number of hydrogen-bond acceptors (Lipinski definition) is 7. The molecule has 3 heterocycles. The monoisotopic (exact) mass is 487 g/mol. The van der Waals surface area contributed by atoms with Gasteiger partial charge in [0, 0.05) is 51.4 Å². The van der Waals surface area contributed by atoms with Crippen molar-refractivity contribution in [1.29, 1.82) is 0 Å². The number of carbonyl (C=O) groups is 1. The molecule has 182 valence electrons. The van der Waals surface area contributed by atoms with Gasteiger partial charge in [-0.1, -0.05) is 12.1 Å². The second-order valence-electron chi connectivity index (χ2n) is 8.77. The molecule has 2 aromatic carbocycles. The third-order valence-electron chi connectivity index (χ3n) is 6.42. The number of carbonyl (C=O) groups excluding carboxylic acids is 1. The Morgan fingerprint density at radius 2 is 1.85 bits per heavy atom. The van der Waals surface area contributed by atoms with E-state index < -0.39 is 10.0 Å². The van der Waals surface area contributed by atoms with Crippen molar-refractivity contribution in [2.24, 2.45) is 0 Å². The third kappa shape index (κ3) is 5.20. The van der Waals surface area contributed by atoms with Gasteiger partial charge in [0.25, 0.3) is 5.91 Å². The average Bonchev–Trinajstić information content (AvgIpc) is 3.55. The number of amides is 1. The van der Waals surface area contributed by atoms with Gasteiger partial charge in [0.15, 0.2) is 11.5 Å². The Morgan fingerprint density at radius 1 is 1.03 bits per heavy atom. The standard InChI is InChI=1S/C24H29N3O6S/c28-24(19-3-1-5-21(14-19)34(29,30)25-15-20-4-2-12-31-20)27-10-8-26(9-11-27)16-18-6-7-22-23(13-18)33-17-32-22/h1,3,5-7,13-14,20,25H,2,4,8-12,15-17H2. The molecule has 0 aliphatic carbocycles. The molecule has 1 atom stereocenters. The first-order chi connectivity index (χ1) is 16.5. The van der Waals surface area contributed by atoms with E-state index in [1.54, 1.807) is 17.0 Å². The van der Waals surface area contributed by atoms with E-state index in [0.29, 0.717) is 25.3 Å². The second-order valence-corrected chi connectivity index (χ2v) is 10.5. The zero-order valence-electron chi connectivity index (χ0n) is 18.9. The van der Waals surface area contributed by atoms with E-state index in [1.165, 1.54) is 12.1 Å². The Hall–Kier alpha value is -2.66. The predicted octanol–water partition coefficient (Wildman–Crippen LogP) is 1.83. The number of sulfonamides is 1. The van der Waals surface area contributed by atoms with E-state index >= 15 is 0 Å². The van der Waals surface area contributed by atoms with Crippen LogP contribution < -0.4 is 14.2 Å². The fraction of sp³-hybridized carbons (Fsp3) is 0.458. The van der Waals surface area contributed by atoms with Crippen molar-refractivity contribution in [2.45, 2.75) is 30.4 Å². The van der Waals surface area contributed by atoms with E-state index in [0.717, 1.165) is 49.5 Å². The Labute approximate surface area is 199 Å². The lowest BCUT2D eigenvalue weighted by atomic mass is 10.1. The Bertz CT molecular complexity index is 1140. The first-order valence-electron chi connectivity index (χ1n) is 11.6. The highest BCUT2D eigenvalue weighted by Gasteiger charge is 2.25. The van der Waals surface area contributed by atoms with Crippen molar-refractivity contribution in [3.8, 4) is 11.5 Å². The maximum atomic E-state index is 13.1. The highest BCUT2D eigenvalue weighted by molar-refractivity contribution is 7.89. The van der Waals surface area contributed by atoms with E-state index in [9.17, 15) is 13.2 Å². The first-order valence-corrected chi connectivity index (χ1v) is 13.1. The van der Waals surface area contributed by atoms with Crippen LogP contribution in [0.25, 0.3) is 0 Å². The summed E-state index contributed by atoms with van der Waals surface area (Å²) in [7, 11) is -3.71. The highest BCUT2D eigenvalue weighted by atomic mass is 32.2. The molecule has 0 radical (unpaired) electrons. The van der Waals surface area contributed by atoms with Crippen LogP contribution in [-0.4, -0.2) is 76.4 Å². The molecule has 9 nitrogen and oxygen atoms in total. The van der Waals surface area contributed by atoms with Gasteiger partial charge in [-0.3, -0.25) is 9.69 Å². The van der Waals surface area contributed by atoms with Crippen molar-refractivity contribution in [2.75, 3.05) is 46.1 Å². The molecule has 2 fully saturated rings. The molecule has 10 heteroatoms. The fourth-order valence-corrected chi connectivity index (χ4v) is 5.59. The number of nitrogens with zero attached hydrogens (tertiary/aromatic N) is 2. The molecule has 3 aliphatic heterocycles. The number of piperazine rings is 1. The molecule has 5 rings (SSSR count). The quantitative estimate of drug-likeness (QED) is 0.636. The SMILES string of the molecule is O=C(c1cccc(S(=O)(=O)NCC2CCCO2)c1)N1CCN(Cc2ccc3c(c2)OCO3)CC1. The summed E-state index contributed by atoms with van der Waals surface area (Å²) >= 11 is 0. The molecular formula is C24H29N3O6S. The normalized spacial score (nSPS) is 20.6. The van der Waals surface area contributed by atoms with E-state index in [4.69, 9.17) is 14.2 Å². The molecule has 0 saturated carbocycles. The topological polar surface area (TPSA) is 97.4 Å². The van der Waals surface area contributed by atoms with Crippen LogP contribution in [0.2, 0.25) is 0 Å². The lowest BCUT2D eigenvalue weighted by molar-refractivity contribution is 0.0628. The molecule has 0 spiro atoms. The van der Waals surface area contributed by atoms with Gasteiger partial charge in [-0.25, -0.2) is 13.1 Å². The summed E-state index contributed by atoms with van der Waals surface area (Å²) in [5.41, 5.74) is 1.52. The molecule has 0 aromatic heterocycles. The smallest absolute Gasteiger partial charge is 0.253 e. The van der Waals surface area contributed by atoms with Gasteiger partial charge in [0.2, 0.25) is 16.8 Å². The zero-order valence-corrected chi connectivity index (χ0v) is 19.8. The zero-order chi connectivity index (χ0) is 23.5. The highest BCUT2D eigenvalue weighted by Crippen LogP contribution is 2.32. The second kappa shape index (κ2) is 9.91. The third-order valence-corrected chi connectivity index (χ3v) is 7.84. The van der Waals surface area contributed by atoms with Gasteiger partial charge in [-0.15, -0.1) is 0 Å². The molecule has 2 saturated heterocycles. The minimum absolute atomic E-state index is 0.0893. The lowest BCUT2D eigenvalue weighted by Gasteiger charge is -2.34. The number of fused-ring (bicyclic) bond motifs is 1. The molecule has 1 amide bonds. The first kappa shape index (κ1) is 23.1. The minimum atomic E-state index is -3.71. The van der Waals surface area contributed by atoms with Crippen LogP contribution in [0.3, 0.4) is 0 Å². The maximum Gasteiger partial charge on any atom is 0.253 e. The summed E-state index contributed by atoms with van der Waals surface area (Å²) < 4.78 is 44.3. The van der Waals surface area contributed by atoms with Crippen LogP contribution in [0.4, 0.5) is 0 Å². The number of benzene rings is 2. The van der Waals surface area contributed by atoms with Crippen molar-refractivity contribution in [3.63, 3.8) is 0 Å². The van der Waals surface area contributed by atoms with Crippen molar-refractivity contribution < 1.29 is 27.4 Å². The summed E-state index contributed by atoms with van der Waals surface area (Å²) in [4.78, 5) is 17.2. The van der Waals surface area contributed by atoms with Crippen LogP contribution in [0, 0.1) is 0 Å². The summed E-state index contributed by atoms with van der Waals surface area (Å²) in [6, 6.07) is 12.2. The maximum absolute atomic E-state index is 13.1. The fourth-order valence-electron chi connectivity index (χ4n) is 4.48. The van der Waals surface area contributed by atoms with Gasteiger partial charge < -0.3 is 19.1 Å². The van der Waals surface area contributed by atoms with Gasteiger partial charge in [0.05, 0.1) is 11.0 Å². The van der Waals surface area contributed by atoms with Crippen LogP contribution >= 0.6 is 0 Å². The molecule has 34 heavy (non-hydrogen) atoms. The summed E-state index contributed by atoms with van der Waals surface area (Å²) in [5.74, 6) is 1.38. The van der Waals surface area contributed by atoms with Gasteiger partial charge in [-0.2, -0.15) is 0 Å². The van der Waals surface area contributed by atoms with E-state index in [2.05, 4.69) is 9.62 Å². The van der Waals surface area contributed by atoms with E-state index in [-0.39, 0.29) is 30.2 Å². The summed E-state index contributed by atoms with van der Waals surface area (Å²) in [5, 5.41) is 0. The Kier molecular flexibility index (Phi) is 6.73. The molecule has 0 bridgehead atoms. The van der Waals surface area contributed by atoms with Gasteiger partial charge in [-0.05, 0) is 48.7 Å². The number of rotatable bonds is 7. The molecule has 2 aromatic rings. The predicted molar refractivity (Wildman–Crippen MR) is 124 cm³/mol. The summed E-state index contributed by atoms with van der Waals surface area (Å²) in [6.45, 7) is 4.57. The van der Waals surface area contributed by atoms with E-state index in [1.807, 2.05) is 18.2 Å². The van der Waals surface area contributed by atoms with Crippen molar-refractivity contribution in [3.05, 3.63) is 53.6 Å². The van der Waals surface area contributed by atoms with Gasteiger partial charge in [0.1, 0.15) is 0 Å². The largest absolute Gasteiger partial charge is 0.454 e. The Morgan fingerprint density at radius 3 is 2.65 bits per heavy atom. The van der Waals surface area contributed by atoms with Crippen LogP contribution in [-0.2, 0) is 21.3 Å². The van der Waals surface area contributed by atoms with Crippen molar-refractivity contribution >= 4 is 15.9 Å². The molecule has 1 N–H and O–H groups in total. The number of hydrogen-bond donors (Lipinski definition) is 1. The number of ether oxygens (including phenoxy) is 3. The van der Waals surface area contributed by atoms with Crippen LogP contribution in [0.1, 0.15) is 28.8 Å². The molecule has 1 unspecified atom stereocenters. The minimum Gasteiger partial charge on any atom is -0.454 e. The molecule has 3 aliphatic rings.